The number of rotatable bonds is 9. The van der Waals surface area contributed by atoms with Crippen molar-refractivity contribution < 1.29 is 24.2 Å². The molecule has 1 saturated carbocycles. The number of hydrogen-bond acceptors (Lipinski definition) is 4. The number of carboxylic acids is 1. The van der Waals surface area contributed by atoms with Crippen molar-refractivity contribution in [1.82, 2.24) is 10.6 Å². The number of benzene rings is 2. The first-order chi connectivity index (χ1) is 16.9. The van der Waals surface area contributed by atoms with E-state index in [0.717, 1.165) is 41.5 Å². The minimum absolute atomic E-state index is 0.0404. The van der Waals surface area contributed by atoms with E-state index < -0.39 is 18.1 Å². The number of alkyl carbamates (subject to hydrolysis) is 1. The normalized spacial score (nSPS) is 20.4. The molecule has 186 valence electrons. The number of nitrogens with one attached hydrogen (secondary N) is 2. The Kier molecular flexibility index (Phi) is 7.73. The number of ether oxygens (including phenoxy) is 1. The second-order valence-electron chi connectivity index (χ2n) is 9.74. The highest BCUT2D eigenvalue weighted by Crippen LogP contribution is 2.44. The topological polar surface area (TPSA) is 105 Å². The molecule has 0 aromatic heterocycles. The molecular weight excluding hydrogens is 444 g/mol. The zero-order chi connectivity index (χ0) is 24.9. The number of amides is 2. The van der Waals surface area contributed by atoms with E-state index in [2.05, 4.69) is 34.9 Å². The number of carbonyl (C=O) groups excluding carboxylic acids is 2. The van der Waals surface area contributed by atoms with Crippen LogP contribution in [-0.2, 0) is 14.3 Å². The summed E-state index contributed by atoms with van der Waals surface area (Å²) in [4.78, 5) is 37.1. The minimum atomic E-state index is -0.855. The number of hydrogen-bond donors (Lipinski definition) is 3. The molecule has 0 aliphatic heterocycles. The lowest BCUT2D eigenvalue weighted by Crippen LogP contribution is -2.53. The monoisotopic (exact) mass is 478 g/mol. The van der Waals surface area contributed by atoms with Crippen molar-refractivity contribution in [2.24, 2.45) is 11.8 Å². The van der Waals surface area contributed by atoms with Crippen LogP contribution in [0.15, 0.2) is 48.5 Å². The van der Waals surface area contributed by atoms with Crippen LogP contribution in [0.3, 0.4) is 0 Å². The Balaban J connectivity index is 1.40. The molecule has 2 amide bonds. The van der Waals surface area contributed by atoms with Crippen molar-refractivity contribution in [2.45, 2.75) is 64.0 Å². The van der Waals surface area contributed by atoms with E-state index in [1.54, 1.807) is 0 Å². The number of carbonyl (C=O) groups is 3. The number of fused-ring (bicyclic) bond motifs is 3. The van der Waals surface area contributed by atoms with Gasteiger partial charge in [-0.05, 0) is 46.9 Å². The van der Waals surface area contributed by atoms with Gasteiger partial charge in [0.15, 0.2) is 0 Å². The van der Waals surface area contributed by atoms with E-state index in [-0.39, 0.29) is 42.7 Å². The fourth-order valence-electron chi connectivity index (χ4n) is 5.44. The molecule has 2 aliphatic rings. The smallest absolute Gasteiger partial charge is 0.407 e. The van der Waals surface area contributed by atoms with Crippen molar-refractivity contribution in [3.8, 4) is 11.1 Å². The molecule has 2 aromatic rings. The van der Waals surface area contributed by atoms with Crippen LogP contribution in [0, 0.1) is 11.8 Å². The van der Waals surface area contributed by atoms with Crippen molar-refractivity contribution >= 4 is 18.0 Å². The van der Waals surface area contributed by atoms with E-state index in [1.165, 1.54) is 0 Å². The maximum atomic E-state index is 13.1. The largest absolute Gasteiger partial charge is 0.481 e. The van der Waals surface area contributed by atoms with E-state index in [9.17, 15) is 14.4 Å². The van der Waals surface area contributed by atoms with E-state index in [4.69, 9.17) is 9.84 Å². The molecule has 0 bridgehead atoms. The van der Waals surface area contributed by atoms with Crippen LogP contribution in [0.2, 0.25) is 0 Å². The Morgan fingerprint density at radius 2 is 1.66 bits per heavy atom. The standard InChI is InChI=1S/C28H34N2O5/c1-3-17(2)26(27(33)29-24-14-8-9-18(24)15-25(31)32)30-28(34)35-16-23-21-12-6-4-10-19(21)20-11-5-7-13-22(20)23/h4-7,10-13,17-18,23-24,26H,3,8-9,14-16H2,1-2H3,(H,29,33)(H,30,34)(H,31,32)/t17?,18-,24+,26?/m0/s1. The molecule has 2 aliphatic carbocycles. The van der Waals surface area contributed by atoms with Gasteiger partial charge in [0.05, 0.1) is 6.42 Å². The first kappa shape index (κ1) is 24.8. The summed E-state index contributed by atoms with van der Waals surface area (Å²) in [5.41, 5.74) is 4.56. The van der Waals surface area contributed by atoms with Gasteiger partial charge in [0.2, 0.25) is 5.91 Å². The highest BCUT2D eigenvalue weighted by molar-refractivity contribution is 5.86. The van der Waals surface area contributed by atoms with Gasteiger partial charge >= 0.3 is 12.1 Å². The first-order valence-electron chi connectivity index (χ1n) is 12.5. The van der Waals surface area contributed by atoms with E-state index in [0.29, 0.717) is 6.42 Å². The maximum absolute atomic E-state index is 13.1. The highest BCUT2D eigenvalue weighted by Gasteiger charge is 2.35. The van der Waals surface area contributed by atoms with E-state index >= 15 is 0 Å². The van der Waals surface area contributed by atoms with Crippen LogP contribution < -0.4 is 10.6 Å². The summed E-state index contributed by atoms with van der Waals surface area (Å²) in [7, 11) is 0. The predicted octanol–water partition coefficient (Wildman–Crippen LogP) is 4.70. The Morgan fingerprint density at radius 1 is 1.03 bits per heavy atom. The molecule has 1 fully saturated rings. The van der Waals surface area contributed by atoms with Gasteiger partial charge in [-0.15, -0.1) is 0 Å². The van der Waals surface area contributed by atoms with Crippen molar-refractivity contribution in [3.63, 3.8) is 0 Å². The molecular formula is C28H34N2O5. The molecule has 0 heterocycles. The van der Waals surface area contributed by atoms with Gasteiger partial charge < -0.3 is 20.5 Å². The van der Waals surface area contributed by atoms with Crippen LogP contribution in [-0.4, -0.2) is 41.8 Å². The lowest BCUT2D eigenvalue weighted by molar-refractivity contribution is -0.138. The number of aliphatic carboxylic acids is 1. The Labute approximate surface area is 206 Å². The fraction of sp³-hybridized carbons (Fsp3) is 0.464. The zero-order valence-electron chi connectivity index (χ0n) is 20.3. The summed E-state index contributed by atoms with van der Waals surface area (Å²) < 4.78 is 5.65. The second kappa shape index (κ2) is 10.9. The average molecular weight is 479 g/mol. The summed E-state index contributed by atoms with van der Waals surface area (Å²) in [6.45, 7) is 4.06. The summed E-state index contributed by atoms with van der Waals surface area (Å²) in [5.74, 6) is -1.38. The SMILES string of the molecule is CCC(C)C(NC(=O)OCC1c2ccccc2-c2ccccc21)C(=O)N[C@@H]1CCC[C@H]1CC(=O)O. The van der Waals surface area contributed by atoms with Crippen LogP contribution >= 0.6 is 0 Å². The fourth-order valence-corrected chi connectivity index (χ4v) is 5.44. The summed E-state index contributed by atoms with van der Waals surface area (Å²) >= 11 is 0. The lowest BCUT2D eigenvalue weighted by Gasteiger charge is -2.27. The Morgan fingerprint density at radius 3 is 2.26 bits per heavy atom. The van der Waals surface area contributed by atoms with E-state index in [1.807, 2.05) is 38.1 Å². The predicted molar refractivity (Wildman–Crippen MR) is 133 cm³/mol. The molecule has 4 atom stereocenters. The third-order valence-electron chi connectivity index (χ3n) is 7.54. The maximum Gasteiger partial charge on any atom is 0.407 e. The number of carboxylic acid groups (broad SMARTS) is 1. The van der Waals surface area contributed by atoms with Gasteiger partial charge in [-0.25, -0.2) is 4.79 Å². The Hall–Kier alpha value is -3.35. The second-order valence-corrected chi connectivity index (χ2v) is 9.74. The highest BCUT2D eigenvalue weighted by atomic mass is 16.5. The van der Waals surface area contributed by atoms with Crippen LogP contribution in [0.25, 0.3) is 11.1 Å². The quantitative estimate of drug-likeness (QED) is 0.485. The van der Waals surface area contributed by atoms with Gasteiger partial charge in [0, 0.05) is 12.0 Å². The third kappa shape index (κ3) is 5.50. The molecule has 7 nitrogen and oxygen atoms in total. The lowest BCUT2D eigenvalue weighted by atomic mass is 9.96. The van der Waals surface area contributed by atoms with Gasteiger partial charge in [-0.1, -0.05) is 75.2 Å². The summed E-state index contributed by atoms with van der Waals surface area (Å²) in [6, 6.07) is 15.3. The summed E-state index contributed by atoms with van der Waals surface area (Å²) in [5, 5.41) is 15.0. The third-order valence-corrected chi connectivity index (χ3v) is 7.54. The van der Waals surface area contributed by atoms with Gasteiger partial charge in [-0.2, -0.15) is 0 Å². The molecule has 7 heteroatoms. The zero-order valence-corrected chi connectivity index (χ0v) is 20.3. The molecule has 2 aromatic carbocycles. The molecule has 0 radical (unpaired) electrons. The first-order valence-corrected chi connectivity index (χ1v) is 12.5. The average Bonchev–Trinajstić information content (AvgIpc) is 3.41. The molecule has 3 N–H and O–H groups in total. The van der Waals surface area contributed by atoms with Crippen LogP contribution in [0.4, 0.5) is 4.79 Å². The van der Waals surface area contributed by atoms with Crippen LogP contribution in [0.5, 0.6) is 0 Å². The molecule has 35 heavy (non-hydrogen) atoms. The van der Waals surface area contributed by atoms with Crippen molar-refractivity contribution in [2.75, 3.05) is 6.61 Å². The minimum Gasteiger partial charge on any atom is -0.481 e. The molecule has 0 spiro atoms. The molecule has 4 rings (SSSR count). The summed E-state index contributed by atoms with van der Waals surface area (Å²) in [6.07, 6.45) is 2.54. The van der Waals surface area contributed by atoms with Gasteiger partial charge in [0.25, 0.3) is 0 Å². The van der Waals surface area contributed by atoms with Crippen LogP contribution in [0.1, 0.15) is 63.0 Å². The Bertz CT molecular complexity index is 1040. The van der Waals surface area contributed by atoms with Gasteiger partial charge in [0.1, 0.15) is 12.6 Å². The van der Waals surface area contributed by atoms with Crippen molar-refractivity contribution in [3.05, 3.63) is 59.7 Å². The molecule has 0 saturated heterocycles. The molecule has 2 unspecified atom stereocenters. The van der Waals surface area contributed by atoms with Gasteiger partial charge in [-0.3, -0.25) is 9.59 Å². The van der Waals surface area contributed by atoms with Crippen molar-refractivity contribution in [1.29, 1.82) is 0 Å².